The Labute approximate surface area is 190 Å². The van der Waals surface area contributed by atoms with Crippen molar-refractivity contribution in [3.8, 4) is 0 Å². The zero-order chi connectivity index (χ0) is 21.5. The maximum Gasteiger partial charge on any atom is 0.191 e. The molecule has 170 valence electrons. The number of aliphatic imine (C=N–C) groups is 1. The van der Waals surface area contributed by atoms with Crippen molar-refractivity contribution in [1.29, 1.82) is 0 Å². The van der Waals surface area contributed by atoms with Gasteiger partial charge in [-0.2, -0.15) is 0 Å². The molecule has 0 aromatic carbocycles. The summed E-state index contributed by atoms with van der Waals surface area (Å²) in [4.78, 5) is 8.93. The third-order valence-electron chi connectivity index (χ3n) is 6.50. The van der Waals surface area contributed by atoms with Crippen LogP contribution >= 0.6 is 11.3 Å². The minimum Gasteiger partial charge on any atom is -0.357 e. The summed E-state index contributed by atoms with van der Waals surface area (Å²) in [7, 11) is 0. The first kappa shape index (κ1) is 22.3. The lowest BCUT2D eigenvalue weighted by Crippen LogP contribution is -2.45. The summed E-state index contributed by atoms with van der Waals surface area (Å²) in [5.41, 5.74) is 0. The molecular weight excluding hydrogens is 406 g/mol. The predicted molar refractivity (Wildman–Crippen MR) is 127 cm³/mol. The van der Waals surface area contributed by atoms with Gasteiger partial charge in [-0.3, -0.25) is 4.90 Å². The Morgan fingerprint density at radius 2 is 2.06 bits per heavy atom. The van der Waals surface area contributed by atoms with Crippen LogP contribution in [0.3, 0.4) is 0 Å². The van der Waals surface area contributed by atoms with E-state index in [2.05, 4.69) is 61.7 Å². The van der Waals surface area contributed by atoms with Gasteiger partial charge in [0.05, 0.1) is 6.04 Å². The molecule has 0 spiro atoms. The highest BCUT2D eigenvalue weighted by Gasteiger charge is 2.25. The number of nitrogens with zero attached hydrogens (tertiary/aromatic N) is 5. The van der Waals surface area contributed by atoms with E-state index in [1.54, 1.807) is 0 Å². The molecule has 8 heteroatoms. The van der Waals surface area contributed by atoms with Gasteiger partial charge < -0.3 is 15.2 Å². The maximum absolute atomic E-state index is 4.86. The van der Waals surface area contributed by atoms with E-state index in [0.717, 1.165) is 49.6 Å². The molecule has 31 heavy (non-hydrogen) atoms. The standard InChI is InChI=1S/C23H37N7S/c1-3-24-23(26-17-22-28-27-21-9-5-4-6-12-30(21)22)25-16-19(20-8-7-15-31-20)29-13-10-18(2)11-14-29/h7-8,15,18-19H,3-6,9-14,16-17H2,1-2H3,(H2,24,25,26). The number of aromatic nitrogens is 3. The molecule has 2 aromatic rings. The van der Waals surface area contributed by atoms with Gasteiger partial charge in [0.1, 0.15) is 12.4 Å². The van der Waals surface area contributed by atoms with Gasteiger partial charge in [-0.25, -0.2) is 4.99 Å². The third kappa shape index (κ3) is 5.86. The summed E-state index contributed by atoms with van der Waals surface area (Å²) >= 11 is 1.86. The number of piperidine rings is 1. The van der Waals surface area contributed by atoms with Gasteiger partial charge in [-0.15, -0.1) is 21.5 Å². The smallest absolute Gasteiger partial charge is 0.191 e. The van der Waals surface area contributed by atoms with E-state index in [-0.39, 0.29) is 0 Å². The average molecular weight is 444 g/mol. The van der Waals surface area contributed by atoms with Gasteiger partial charge in [-0.05, 0) is 63.1 Å². The summed E-state index contributed by atoms with van der Waals surface area (Å²) in [5, 5.41) is 18.1. The van der Waals surface area contributed by atoms with Crippen LogP contribution in [-0.2, 0) is 19.5 Å². The van der Waals surface area contributed by atoms with Crippen molar-refractivity contribution in [2.75, 3.05) is 26.2 Å². The molecule has 0 amide bonds. The zero-order valence-electron chi connectivity index (χ0n) is 19.0. The lowest BCUT2D eigenvalue weighted by atomic mass is 9.97. The maximum atomic E-state index is 4.86. The van der Waals surface area contributed by atoms with Gasteiger partial charge in [0.2, 0.25) is 0 Å². The molecule has 0 saturated carbocycles. The highest BCUT2D eigenvalue weighted by Crippen LogP contribution is 2.29. The zero-order valence-corrected chi connectivity index (χ0v) is 19.8. The number of hydrogen-bond donors (Lipinski definition) is 2. The Kier molecular flexibility index (Phi) is 7.97. The largest absolute Gasteiger partial charge is 0.357 e. The van der Waals surface area contributed by atoms with Crippen LogP contribution < -0.4 is 10.6 Å². The molecule has 1 unspecified atom stereocenters. The molecule has 0 bridgehead atoms. The van der Waals surface area contributed by atoms with Gasteiger partial charge in [-0.1, -0.05) is 19.4 Å². The fourth-order valence-electron chi connectivity index (χ4n) is 4.58. The molecule has 2 aliphatic heterocycles. The van der Waals surface area contributed by atoms with Crippen LogP contribution in [0.2, 0.25) is 0 Å². The van der Waals surface area contributed by atoms with Crippen LogP contribution in [0.4, 0.5) is 0 Å². The van der Waals surface area contributed by atoms with Gasteiger partial charge in [0, 0.05) is 30.9 Å². The predicted octanol–water partition coefficient (Wildman–Crippen LogP) is 3.59. The second-order valence-electron chi connectivity index (χ2n) is 8.82. The fraction of sp³-hybridized carbons (Fsp3) is 0.696. The Bertz CT molecular complexity index is 821. The molecule has 1 saturated heterocycles. The first-order valence-electron chi connectivity index (χ1n) is 11.9. The Hall–Kier alpha value is -1.93. The summed E-state index contributed by atoms with van der Waals surface area (Å²) in [6, 6.07) is 4.82. The molecule has 0 radical (unpaired) electrons. The van der Waals surface area contributed by atoms with E-state index in [0.29, 0.717) is 12.6 Å². The summed E-state index contributed by atoms with van der Waals surface area (Å²) in [5.74, 6) is 3.80. The molecule has 7 nitrogen and oxygen atoms in total. The molecule has 2 aromatic heterocycles. The quantitative estimate of drug-likeness (QED) is 0.505. The first-order valence-corrected chi connectivity index (χ1v) is 12.8. The first-order chi connectivity index (χ1) is 15.2. The van der Waals surface area contributed by atoms with Crippen molar-refractivity contribution < 1.29 is 0 Å². The number of aryl methyl sites for hydroxylation is 1. The van der Waals surface area contributed by atoms with Gasteiger partial charge >= 0.3 is 0 Å². The van der Waals surface area contributed by atoms with Crippen molar-refractivity contribution in [3.05, 3.63) is 34.0 Å². The van der Waals surface area contributed by atoms with E-state index in [1.165, 1.54) is 50.1 Å². The van der Waals surface area contributed by atoms with E-state index in [9.17, 15) is 0 Å². The molecule has 2 N–H and O–H groups in total. The molecule has 0 aliphatic carbocycles. The monoisotopic (exact) mass is 443 g/mol. The second-order valence-corrected chi connectivity index (χ2v) is 9.80. The number of hydrogen-bond acceptors (Lipinski definition) is 5. The van der Waals surface area contributed by atoms with E-state index < -0.39 is 0 Å². The molecule has 1 atom stereocenters. The lowest BCUT2D eigenvalue weighted by molar-refractivity contribution is 0.140. The van der Waals surface area contributed by atoms with Crippen molar-refractivity contribution in [2.45, 2.75) is 71.5 Å². The van der Waals surface area contributed by atoms with Crippen LogP contribution in [0.25, 0.3) is 0 Å². The highest BCUT2D eigenvalue weighted by molar-refractivity contribution is 7.10. The second kappa shape index (κ2) is 11.1. The highest BCUT2D eigenvalue weighted by atomic mass is 32.1. The molecular formula is C23H37N7S. The van der Waals surface area contributed by atoms with Crippen LogP contribution in [0, 0.1) is 5.92 Å². The SMILES string of the molecule is CCNC(=NCc1nnc2n1CCCCC2)NCC(c1cccs1)N1CCC(C)CC1. The molecule has 2 aliphatic rings. The number of thiophene rings is 1. The van der Waals surface area contributed by atoms with Crippen LogP contribution in [0.1, 0.15) is 68.5 Å². The average Bonchev–Trinajstić information content (AvgIpc) is 3.38. The van der Waals surface area contributed by atoms with Crippen LogP contribution in [0.15, 0.2) is 22.5 Å². The fourth-order valence-corrected chi connectivity index (χ4v) is 5.44. The lowest BCUT2D eigenvalue weighted by Gasteiger charge is -2.36. The minimum absolute atomic E-state index is 0.390. The number of rotatable bonds is 7. The number of guanidine groups is 1. The van der Waals surface area contributed by atoms with Crippen molar-refractivity contribution in [2.24, 2.45) is 10.9 Å². The van der Waals surface area contributed by atoms with Gasteiger partial charge in [0.15, 0.2) is 11.8 Å². The number of fused-ring (bicyclic) bond motifs is 1. The number of likely N-dealkylation sites (tertiary alicyclic amines) is 1. The van der Waals surface area contributed by atoms with Crippen LogP contribution in [0.5, 0.6) is 0 Å². The molecule has 4 rings (SSSR count). The summed E-state index contributed by atoms with van der Waals surface area (Å²) in [6.07, 6.45) is 7.30. The normalized spacial score (nSPS) is 19.6. The van der Waals surface area contributed by atoms with E-state index in [1.807, 2.05) is 11.3 Å². The summed E-state index contributed by atoms with van der Waals surface area (Å²) in [6.45, 7) is 10.1. The van der Waals surface area contributed by atoms with Gasteiger partial charge in [0.25, 0.3) is 0 Å². The number of nitrogens with one attached hydrogen (secondary N) is 2. The Morgan fingerprint density at radius 3 is 2.84 bits per heavy atom. The van der Waals surface area contributed by atoms with Crippen molar-refractivity contribution in [3.63, 3.8) is 0 Å². The molecule has 1 fully saturated rings. The Balaban J connectivity index is 1.42. The van der Waals surface area contributed by atoms with Crippen LogP contribution in [-0.4, -0.2) is 51.8 Å². The minimum atomic E-state index is 0.390. The third-order valence-corrected chi connectivity index (χ3v) is 7.48. The van der Waals surface area contributed by atoms with E-state index in [4.69, 9.17) is 4.99 Å². The van der Waals surface area contributed by atoms with Crippen molar-refractivity contribution >= 4 is 17.3 Å². The van der Waals surface area contributed by atoms with Crippen molar-refractivity contribution in [1.82, 2.24) is 30.3 Å². The summed E-state index contributed by atoms with van der Waals surface area (Å²) < 4.78 is 2.28. The van der Waals surface area contributed by atoms with E-state index >= 15 is 0 Å². The topological polar surface area (TPSA) is 70.4 Å². The molecule has 4 heterocycles. The Morgan fingerprint density at radius 1 is 1.19 bits per heavy atom.